The number of H-pyrrole nitrogens is 1. The van der Waals surface area contributed by atoms with E-state index in [-0.39, 0.29) is 18.1 Å². The lowest BCUT2D eigenvalue weighted by molar-refractivity contribution is -0.129. The average molecular weight is 320 g/mol. The molecule has 1 N–H and O–H groups in total. The van der Waals surface area contributed by atoms with Gasteiger partial charge >= 0.3 is 0 Å². The van der Waals surface area contributed by atoms with Gasteiger partial charge in [-0.1, -0.05) is 6.92 Å². The van der Waals surface area contributed by atoms with E-state index in [0.717, 1.165) is 42.8 Å². The Morgan fingerprint density at radius 1 is 1.52 bits per heavy atom. The van der Waals surface area contributed by atoms with Gasteiger partial charge < -0.3 is 14.4 Å². The molecule has 1 fully saturated rings. The topological polar surface area (TPSA) is 80.3 Å². The van der Waals surface area contributed by atoms with Crippen LogP contribution in [0.3, 0.4) is 0 Å². The van der Waals surface area contributed by atoms with Gasteiger partial charge in [0.2, 0.25) is 0 Å². The van der Waals surface area contributed by atoms with Gasteiger partial charge in [0.25, 0.3) is 5.91 Å². The summed E-state index contributed by atoms with van der Waals surface area (Å²) in [6.07, 6.45) is 3.13. The summed E-state index contributed by atoms with van der Waals surface area (Å²) in [6, 6.07) is -0.148. The molecule has 126 valence electrons. The van der Waals surface area contributed by atoms with Crippen molar-refractivity contribution < 1.29 is 14.3 Å². The van der Waals surface area contributed by atoms with E-state index in [4.69, 9.17) is 9.47 Å². The molecule has 2 atom stereocenters. The summed E-state index contributed by atoms with van der Waals surface area (Å²) >= 11 is 0. The Morgan fingerprint density at radius 3 is 3.00 bits per heavy atom. The molecule has 0 bridgehead atoms. The van der Waals surface area contributed by atoms with Crippen LogP contribution in [-0.2, 0) is 14.3 Å². The van der Waals surface area contributed by atoms with Crippen molar-refractivity contribution in [2.75, 3.05) is 20.3 Å². The van der Waals surface area contributed by atoms with E-state index in [1.54, 1.807) is 7.11 Å². The van der Waals surface area contributed by atoms with Gasteiger partial charge in [0.15, 0.2) is 5.82 Å². The monoisotopic (exact) mass is 320 g/mol. The predicted molar refractivity (Wildman–Crippen MR) is 83.5 cm³/mol. The predicted octanol–water partition coefficient (Wildman–Crippen LogP) is 1.88. The molecule has 0 radical (unpaired) electrons. The molecular weight excluding hydrogens is 296 g/mol. The summed E-state index contributed by atoms with van der Waals surface area (Å²) in [6.45, 7) is 5.14. The number of carbonyl (C=O) groups excluding carboxylic acids is 1. The zero-order chi connectivity index (χ0) is 16.4. The summed E-state index contributed by atoms with van der Waals surface area (Å²) in [5, 5.41) is 7.11. The van der Waals surface area contributed by atoms with Gasteiger partial charge in [-0.05, 0) is 19.8 Å². The molecule has 0 aromatic carbocycles. The number of hydrogen-bond acceptors (Lipinski definition) is 5. The molecule has 1 aromatic rings. The Balaban J connectivity index is 1.88. The maximum absolute atomic E-state index is 13.1. The third kappa shape index (κ3) is 3.10. The molecule has 0 aliphatic carbocycles. The first-order chi connectivity index (χ1) is 11.1. The SMILES string of the molecule is CCC1=C(C(=O)N2C[C@H](OC)C[C@H]2c2n[nH]c(C)n2)CCCO1. The van der Waals surface area contributed by atoms with Gasteiger partial charge in [-0.15, -0.1) is 0 Å². The van der Waals surface area contributed by atoms with Crippen molar-refractivity contribution in [2.45, 2.75) is 51.7 Å². The molecule has 1 aromatic heterocycles. The van der Waals surface area contributed by atoms with Gasteiger partial charge in [0.05, 0.1) is 24.3 Å². The minimum absolute atomic E-state index is 0.0120. The van der Waals surface area contributed by atoms with Crippen LogP contribution in [0.15, 0.2) is 11.3 Å². The molecule has 1 amide bonds. The van der Waals surface area contributed by atoms with E-state index in [9.17, 15) is 4.79 Å². The van der Waals surface area contributed by atoms with Crippen LogP contribution >= 0.6 is 0 Å². The van der Waals surface area contributed by atoms with Crippen molar-refractivity contribution in [2.24, 2.45) is 0 Å². The number of nitrogens with zero attached hydrogens (tertiary/aromatic N) is 3. The van der Waals surface area contributed by atoms with E-state index in [1.165, 1.54) is 0 Å². The van der Waals surface area contributed by atoms with Gasteiger partial charge in [0.1, 0.15) is 11.6 Å². The van der Waals surface area contributed by atoms with Gasteiger partial charge in [-0.3, -0.25) is 9.89 Å². The molecule has 0 spiro atoms. The molecule has 7 heteroatoms. The van der Waals surface area contributed by atoms with E-state index in [2.05, 4.69) is 15.2 Å². The minimum atomic E-state index is -0.148. The summed E-state index contributed by atoms with van der Waals surface area (Å²) < 4.78 is 11.2. The summed E-state index contributed by atoms with van der Waals surface area (Å²) in [4.78, 5) is 19.3. The number of carbonyl (C=O) groups is 1. The van der Waals surface area contributed by atoms with Crippen LogP contribution in [-0.4, -0.2) is 52.4 Å². The van der Waals surface area contributed by atoms with Gasteiger partial charge in [-0.25, -0.2) is 4.98 Å². The van der Waals surface area contributed by atoms with Crippen LogP contribution in [0, 0.1) is 6.92 Å². The Morgan fingerprint density at radius 2 is 2.35 bits per heavy atom. The highest BCUT2D eigenvalue weighted by Gasteiger charge is 2.40. The second kappa shape index (κ2) is 6.70. The number of aromatic amines is 1. The highest BCUT2D eigenvalue weighted by molar-refractivity contribution is 5.94. The van der Waals surface area contributed by atoms with E-state index < -0.39 is 0 Å². The molecule has 3 heterocycles. The fraction of sp³-hybridized carbons (Fsp3) is 0.688. The zero-order valence-corrected chi connectivity index (χ0v) is 14.0. The van der Waals surface area contributed by atoms with Crippen LogP contribution in [0.4, 0.5) is 0 Å². The fourth-order valence-corrected chi connectivity index (χ4v) is 3.33. The first-order valence-corrected chi connectivity index (χ1v) is 8.21. The van der Waals surface area contributed by atoms with Crippen molar-refractivity contribution >= 4 is 5.91 Å². The number of amides is 1. The van der Waals surface area contributed by atoms with Crippen LogP contribution in [0.25, 0.3) is 0 Å². The number of nitrogens with one attached hydrogen (secondary N) is 1. The van der Waals surface area contributed by atoms with Crippen molar-refractivity contribution in [3.05, 3.63) is 23.0 Å². The molecular formula is C16H24N4O3. The standard InChI is InChI=1S/C16H24N4O3/c1-4-14-12(6-5-7-23-14)16(21)20-9-11(22-3)8-13(20)15-17-10(2)18-19-15/h11,13H,4-9H2,1-3H3,(H,17,18,19)/t11-,13+/m1/s1. The second-order valence-corrected chi connectivity index (χ2v) is 6.05. The van der Waals surface area contributed by atoms with Crippen LogP contribution < -0.4 is 0 Å². The normalized spacial score (nSPS) is 24.9. The summed E-state index contributed by atoms with van der Waals surface area (Å²) in [5.74, 6) is 2.27. The number of methoxy groups -OCH3 is 1. The highest BCUT2D eigenvalue weighted by atomic mass is 16.5. The maximum Gasteiger partial charge on any atom is 0.253 e. The second-order valence-electron chi connectivity index (χ2n) is 6.05. The number of rotatable bonds is 4. The maximum atomic E-state index is 13.1. The molecule has 1 saturated heterocycles. The molecule has 2 aliphatic heterocycles. The van der Waals surface area contributed by atoms with Crippen LogP contribution in [0.1, 0.15) is 50.3 Å². The molecule has 7 nitrogen and oxygen atoms in total. The zero-order valence-electron chi connectivity index (χ0n) is 14.0. The Hall–Kier alpha value is -1.89. The smallest absolute Gasteiger partial charge is 0.253 e. The van der Waals surface area contributed by atoms with E-state index in [1.807, 2.05) is 18.7 Å². The van der Waals surface area contributed by atoms with E-state index in [0.29, 0.717) is 19.0 Å². The third-order valence-electron chi connectivity index (χ3n) is 4.53. The number of allylic oxidation sites excluding steroid dienone is 1. The van der Waals surface area contributed by atoms with Crippen LogP contribution in [0.5, 0.6) is 0 Å². The first kappa shape index (κ1) is 16.0. The van der Waals surface area contributed by atoms with Crippen molar-refractivity contribution in [1.29, 1.82) is 0 Å². The third-order valence-corrected chi connectivity index (χ3v) is 4.53. The lowest BCUT2D eigenvalue weighted by Gasteiger charge is -2.27. The first-order valence-electron chi connectivity index (χ1n) is 8.21. The minimum Gasteiger partial charge on any atom is -0.497 e. The number of aromatic nitrogens is 3. The van der Waals surface area contributed by atoms with E-state index >= 15 is 0 Å². The molecule has 3 rings (SSSR count). The molecule has 23 heavy (non-hydrogen) atoms. The molecule has 2 aliphatic rings. The van der Waals surface area contributed by atoms with Gasteiger partial charge in [0, 0.05) is 26.5 Å². The molecule has 0 unspecified atom stereocenters. The van der Waals surface area contributed by atoms with Gasteiger partial charge in [-0.2, -0.15) is 5.10 Å². The quantitative estimate of drug-likeness (QED) is 0.916. The van der Waals surface area contributed by atoms with Crippen molar-refractivity contribution in [3.63, 3.8) is 0 Å². The number of aryl methyl sites for hydroxylation is 1. The number of hydrogen-bond donors (Lipinski definition) is 1. The summed E-state index contributed by atoms with van der Waals surface area (Å²) in [7, 11) is 1.68. The lowest BCUT2D eigenvalue weighted by atomic mass is 10.0. The molecule has 0 saturated carbocycles. The Bertz CT molecular complexity index is 610. The Kier molecular flexibility index (Phi) is 4.66. The Labute approximate surface area is 136 Å². The number of likely N-dealkylation sites (tertiary alicyclic amines) is 1. The highest BCUT2D eigenvalue weighted by Crippen LogP contribution is 2.34. The fourth-order valence-electron chi connectivity index (χ4n) is 3.33. The summed E-state index contributed by atoms with van der Waals surface area (Å²) in [5.41, 5.74) is 0.799. The van der Waals surface area contributed by atoms with Crippen molar-refractivity contribution in [3.8, 4) is 0 Å². The lowest BCUT2D eigenvalue weighted by Crippen LogP contribution is -2.35. The van der Waals surface area contributed by atoms with Crippen molar-refractivity contribution in [1.82, 2.24) is 20.1 Å². The largest absolute Gasteiger partial charge is 0.497 e. The number of ether oxygens (including phenoxy) is 2. The average Bonchev–Trinajstić information content (AvgIpc) is 3.20. The van der Waals surface area contributed by atoms with Crippen LogP contribution in [0.2, 0.25) is 0 Å².